The summed E-state index contributed by atoms with van der Waals surface area (Å²) < 4.78 is 15.5. The Bertz CT molecular complexity index is 860. The van der Waals surface area contributed by atoms with Crippen molar-refractivity contribution in [1.29, 1.82) is 0 Å². The molecule has 1 aliphatic rings. The van der Waals surface area contributed by atoms with Crippen molar-refractivity contribution < 1.29 is 23.8 Å². The summed E-state index contributed by atoms with van der Waals surface area (Å²) in [7, 11) is 4.44. The number of methoxy groups -OCH3 is 3. The minimum Gasteiger partial charge on any atom is -0.497 e. The van der Waals surface area contributed by atoms with Crippen molar-refractivity contribution in [3.63, 3.8) is 0 Å². The van der Waals surface area contributed by atoms with Crippen molar-refractivity contribution in [2.45, 2.75) is 12.1 Å². The summed E-state index contributed by atoms with van der Waals surface area (Å²) in [5.41, 5.74) is 2.17. The van der Waals surface area contributed by atoms with Gasteiger partial charge in [0.15, 0.2) is 6.10 Å². The number of likely N-dealkylation sites (tertiary alicyclic amines) is 1. The molecule has 1 amide bonds. The molecule has 0 aromatic heterocycles. The summed E-state index contributed by atoms with van der Waals surface area (Å²) in [6.07, 6.45) is 1.16. The quantitative estimate of drug-likeness (QED) is 0.419. The molecule has 146 valence electrons. The van der Waals surface area contributed by atoms with Crippen LogP contribution in [0.1, 0.15) is 17.2 Å². The fourth-order valence-corrected chi connectivity index (χ4v) is 3.31. The van der Waals surface area contributed by atoms with E-state index in [0.29, 0.717) is 5.57 Å². The monoisotopic (exact) mass is 381 g/mol. The van der Waals surface area contributed by atoms with Crippen LogP contribution in [-0.4, -0.2) is 50.8 Å². The lowest BCUT2D eigenvalue weighted by Crippen LogP contribution is -2.60. The summed E-state index contributed by atoms with van der Waals surface area (Å²) >= 11 is 0. The Kier molecular flexibility index (Phi) is 6.11. The summed E-state index contributed by atoms with van der Waals surface area (Å²) in [5.74, 6) is 0.103. The topological polar surface area (TPSA) is 65.1 Å². The SMILES string of the molecule is COC(=O)/C(=C/c1ccccc1)CN1C(=O)[C@@H](OC)[C@H]1c1ccc(OC)cc1. The van der Waals surface area contributed by atoms with Crippen LogP contribution in [0.15, 0.2) is 60.2 Å². The number of rotatable bonds is 7. The molecule has 0 unspecified atom stereocenters. The highest BCUT2D eigenvalue weighted by Crippen LogP contribution is 2.38. The maximum Gasteiger partial charge on any atom is 0.335 e. The van der Waals surface area contributed by atoms with Gasteiger partial charge in [-0.1, -0.05) is 42.5 Å². The Morgan fingerprint density at radius 1 is 1.04 bits per heavy atom. The van der Waals surface area contributed by atoms with Gasteiger partial charge >= 0.3 is 5.97 Å². The zero-order valence-corrected chi connectivity index (χ0v) is 16.1. The number of hydrogen-bond donors (Lipinski definition) is 0. The molecule has 2 aromatic rings. The van der Waals surface area contributed by atoms with E-state index in [9.17, 15) is 9.59 Å². The molecule has 6 nitrogen and oxygen atoms in total. The average Bonchev–Trinajstić information content (AvgIpc) is 2.74. The Morgan fingerprint density at radius 2 is 1.71 bits per heavy atom. The summed E-state index contributed by atoms with van der Waals surface area (Å²) in [5, 5.41) is 0. The number of β-lactam (4-membered cyclic amide) rings is 1. The molecule has 28 heavy (non-hydrogen) atoms. The van der Waals surface area contributed by atoms with Gasteiger partial charge in [-0.3, -0.25) is 4.79 Å². The molecule has 1 fully saturated rings. The molecule has 0 radical (unpaired) electrons. The number of amides is 1. The Hall–Kier alpha value is -3.12. The third kappa shape index (κ3) is 3.92. The number of ether oxygens (including phenoxy) is 3. The number of carbonyl (C=O) groups excluding carboxylic acids is 2. The molecule has 0 saturated carbocycles. The van der Waals surface area contributed by atoms with E-state index >= 15 is 0 Å². The van der Waals surface area contributed by atoms with Crippen LogP contribution < -0.4 is 4.74 Å². The predicted molar refractivity (Wildman–Crippen MR) is 105 cm³/mol. The predicted octanol–water partition coefficient (Wildman–Crippen LogP) is 2.85. The van der Waals surface area contributed by atoms with Gasteiger partial charge in [0.25, 0.3) is 5.91 Å². The molecule has 1 aliphatic heterocycles. The van der Waals surface area contributed by atoms with E-state index < -0.39 is 12.1 Å². The molecule has 1 heterocycles. The van der Waals surface area contributed by atoms with E-state index in [1.165, 1.54) is 14.2 Å². The van der Waals surface area contributed by atoms with Crippen molar-refractivity contribution in [2.24, 2.45) is 0 Å². The van der Waals surface area contributed by atoms with Crippen molar-refractivity contribution >= 4 is 18.0 Å². The number of benzene rings is 2. The Morgan fingerprint density at radius 3 is 2.29 bits per heavy atom. The van der Waals surface area contributed by atoms with Gasteiger partial charge in [0.1, 0.15) is 5.75 Å². The van der Waals surface area contributed by atoms with Crippen LogP contribution in [0, 0.1) is 0 Å². The van der Waals surface area contributed by atoms with Crippen LogP contribution >= 0.6 is 0 Å². The van der Waals surface area contributed by atoms with Crippen LogP contribution in [-0.2, 0) is 19.1 Å². The lowest BCUT2D eigenvalue weighted by atomic mass is 9.89. The van der Waals surface area contributed by atoms with Crippen LogP contribution in [0.5, 0.6) is 5.75 Å². The smallest absolute Gasteiger partial charge is 0.335 e. The molecule has 0 aliphatic carbocycles. The lowest BCUT2D eigenvalue weighted by Gasteiger charge is -2.46. The van der Waals surface area contributed by atoms with Crippen molar-refractivity contribution in [3.8, 4) is 5.75 Å². The second-order valence-corrected chi connectivity index (χ2v) is 6.41. The third-order valence-electron chi connectivity index (χ3n) is 4.79. The van der Waals surface area contributed by atoms with Gasteiger partial charge in [-0.25, -0.2) is 4.79 Å². The molecular formula is C22H23NO5. The Balaban J connectivity index is 1.88. The first-order valence-corrected chi connectivity index (χ1v) is 8.90. The van der Waals surface area contributed by atoms with Crippen LogP contribution in [0.4, 0.5) is 0 Å². The number of hydrogen-bond acceptors (Lipinski definition) is 5. The van der Waals surface area contributed by atoms with E-state index in [1.807, 2.05) is 54.6 Å². The first-order chi connectivity index (χ1) is 13.6. The fourth-order valence-electron chi connectivity index (χ4n) is 3.31. The van der Waals surface area contributed by atoms with E-state index in [2.05, 4.69) is 0 Å². The molecule has 0 N–H and O–H groups in total. The number of carbonyl (C=O) groups is 2. The second-order valence-electron chi connectivity index (χ2n) is 6.41. The highest BCUT2D eigenvalue weighted by molar-refractivity contribution is 5.96. The van der Waals surface area contributed by atoms with Crippen LogP contribution in [0.25, 0.3) is 6.08 Å². The van der Waals surface area contributed by atoms with Crippen molar-refractivity contribution in [3.05, 3.63) is 71.3 Å². The summed E-state index contributed by atoms with van der Waals surface area (Å²) in [4.78, 5) is 26.5. The normalized spacial score (nSPS) is 19.2. The van der Waals surface area contributed by atoms with Gasteiger partial charge < -0.3 is 19.1 Å². The molecule has 2 atom stereocenters. The molecule has 1 saturated heterocycles. The molecule has 3 rings (SSSR count). The van der Waals surface area contributed by atoms with E-state index in [-0.39, 0.29) is 18.5 Å². The maximum absolute atomic E-state index is 12.6. The number of nitrogens with zero attached hydrogens (tertiary/aromatic N) is 1. The van der Waals surface area contributed by atoms with Gasteiger partial charge in [-0.15, -0.1) is 0 Å². The van der Waals surface area contributed by atoms with Gasteiger partial charge in [0.05, 0.1) is 32.4 Å². The van der Waals surface area contributed by atoms with E-state index in [0.717, 1.165) is 16.9 Å². The molecule has 2 aromatic carbocycles. The standard InChI is InChI=1S/C22H23NO5/c1-26-18-11-9-16(10-12-18)19-20(27-2)21(24)23(19)14-17(22(25)28-3)13-15-7-5-4-6-8-15/h4-13,19-20H,14H2,1-3H3/b17-13+/t19-,20+/m1/s1. The largest absolute Gasteiger partial charge is 0.497 e. The highest BCUT2D eigenvalue weighted by Gasteiger charge is 2.49. The first-order valence-electron chi connectivity index (χ1n) is 8.90. The Labute approximate surface area is 164 Å². The average molecular weight is 381 g/mol. The van der Waals surface area contributed by atoms with Crippen molar-refractivity contribution in [2.75, 3.05) is 27.9 Å². The molecule has 0 spiro atoms. The summed E-state index contributed by atoms with van der Waals surface area (Å²) in [6.45, 7) is 0.136. The minimum absolute atomic E-state index is 0.136. The zero-order chi connectivity index (χ0) is 20.1. The van der Waals surface area contributed by atoms with Gasteiger partial charge in [0, 0.05) is 7.11 Å². The molecular weight excluding hydrogens is 358 g/mol. The van der Waals surface area contributed by atoms with Crippen molar-refractivity contribution in [1.82, 2.24) is 4.90 Å². The van der Waals surface area contributed by atoms with Gasteiger partial charge in [-0.05, 0) is 29.3 Å². The third-order valence-corrected chi connectivity index (χ3v) is 4.79. The van der Waals surface area contributed by atoms with Crippen LogP contribution in [0.2, 0.25) is 0 Å². The fraction of sp³-hybridized carbons (Fsp3) is 0.273. The number of esters is 1. The summed E-state index contributed by atoms with van der Waals surface area (Å²) in [6, 6.07) is 16.6. The second kappa shape index (κ2) is 8.71. The zero-order valence-electron chi connectivity index (χ0n) is 16.1. The lowest BCUT2D eigenvalue weighted by molar-refractivity contribution is -0.170. The highest BCUT2D eigenvalue weighted by atomic mass is 16.5. The van der Waals surface area contributed by atoms with E-state index in [4.69, 9.17) is 14.2 Å². The minimum atomic E-state index is -0.580. The maximum atomic E-state index is 12.6. The molecule has 6 heteroatoms. The van der Waals surface area contributed by atoms with Crippen LogP contribution in [0.3, 0.4) is 0 Å². The van der Waals surface area contributed by atoms with Gasteiger partial charge in [-0.2, -0.15) is 0 Å². The first kappa shape index (κ1) is 19.6. The van der Waals surface area contributed by atoms with Gasteiger partial charge in [0.2, 0.25) is 0 Å². The van der Waals surface area contributed by atoms with E-state index in [1.54, 1.807) is 18.1 Å². The molecule has 0 bridgehead atoms.